The Hall–Kier alpha value is -0.740. The molecule has 1 saturated heterocycles. The molecule has 2 rings (SSSR count). The van der Waals surface area contributed by atoms with Gasteiger partial charge in [-0.2, -0.15) is 0 Å². The predicted molar refractivity (Wildman–Crippen MR) is 60.7 cm³/mol. The summed E-state index contributed by atoms with van der Waals surface area (Å²) in [5, 5.41) is 0. The fourth-order valence-electron chi connectivity index (χ4n) is 1.09. The SMILES string of the molecule is O=C1OCSC1=Cc1ccc(Br)cc1. The third-order valence-corrected chi connectivity index (χ3v) is 3.13. The minimum atomic E-state index is -0.224. The number of thioether (sulfide) groups is 1. The molecule has 1 aliphatic rings. The maximum absolute atomic E-state index is 11.1. The Balaban J connectivity index is 2.24. The summed E-state index contributed by atoms with van der Waals surface area (Å²) in [5.74, 6) is 0.208. The van der Waals surface area contributed by atoms with Gasteiger partial charge in [-0.1, -0.05) is 39.8 Å². The molecule has 1 aromatic rings. The molecular formula is C10H7BrO2S. The van der Waals surface area contributed by atoms with Crippen LogP contribution in [0, 0.1) is 0 Å². The molecule has 0 radical (unpaired) electrons. The summed E-state index contributed by atoms with van der Waals surface area (Å²) in [6.45, 7) is 0. The van der Waals surface area contributed by atoms with Crippen LogP contribution in [-0.2, 0) is 9.53 Å². The van der Waals surface area contributed by atoms with Gasteiger partial charge in [0.05, 0.1) is 4.91 Å². The molecule has 0 N–H and O–H groups in total. The molecular weight excluding hydrogens is 264 g/mol. The highest BCUT2D eigenvalue weighted by Gasteiger charge is 2.18. The lowest BCUT2D eigenvalue weighted by Crippen LogP contribution is -1.93. The molecule has 0 atom stereocenters. The number of benzene rings is 1. The van der Waals surface area contributed by atoms with Crippen molar-refractivity contribution >= 4 is 39.7 Å². The molecule has 0 bridgehead atoms. The summed E-state index contributed by atoms with van der Waals surface area (Å²) in [6, 6.07) is 7.78. The minimum absolute atomic E-state index is 0.224. The van der Waals surface area contributed by atoms with Crippen molar-refractivity contribution in [2.45, 2.75) is 0 Å². The third kappa shape index (κ3) is 2.19. The number of carbonyl (C=O) groups excluding carboxylic acids is 1. The Kier molecular flexibility index (Phi) is 2.93. The van der Waals surface area contributed by atoms with Crippen molar-refractivity contribution in [2.75, 3.05) is 5.94 Å². The molecule has 0 spiro atoms. The van der Waals surface area contributed by atoms with Crippen LogP contribution in [-0.4, -0.2) is 11.9 Å². The summed E-state index contributed by atoms with van der Waals surface area (Å²) in [6.07, 6.45) is 1.84. The van der Waals surface area contributed by atoms with Crippen molar-refractivity contribution in [1.82, 2.24) is 0 Å². The normalized spacial score (nSPS) is 18.6. The molecule has 1 heterocycles. The zero-order valence-corrected chi connectivity index (χ0v) is 9.60. The number of hydrogen-bond donors (Lipinski definition) is 0. The Morgan fingerprint density at radius 3 is 2.64 bits per heavy atom. The zero-order chi connectivity index (χ0) is 9.97. The molecule has 1 aliphatic heterocycles. The van der Waals surface area contributed by atoms with E-state index in [1.807, 2.05) is 30.3 Å². The van der Waals surface area contributed by atoms with Crippen LogP contribution in [0.25, 0.3) is 6.08 Å². The molecule has 0 aliphatic carbocycles. The fourth-order valence-corrected chi connectivity index (χ4v) is 2.04. The summed E-state index contributed by atoms with van der Waals surface area (Å²) in [7, 11) is 0. The standard InChI is InChI=1S/C10H7BrO2S/c11-8-3-1-7(2-4-8)5-9-10(12)13-6-14-9/h1-5H,6H2. The predicted octanol–water partition coefficient (Wildman–Crippen LogP) is 3.04. The number of rotatable bonds is 1. The van der Waals surface area contributed by atoms with E-state index in [4.69, 9.17) is 4.74 Å². The van der Waals surface area contributed by atoms with E-state index in [9.17, 15) is 4.79 Å². The van der Waals surface area contributed by atoms with Crippen LogP contribution in [0.3, 0.4) is 0 Å². The average Bonchev–Trinajstić information content (AvgIpc) is 2.56. The first-order chi connectivity index (χ1) is 6.75. The Labute approximate surface area is 94.5 Å². The topological polar surface area (TPSA) is 26.3 Å². The molecule has 0 amide bonds. The van der Waals surface area contributed by atoms with Crippen molar-refractivity contribution in [1.29, 1.82) is 0 Å². The maximum atomic E-state index is 11.1. The highest BCUT2D eigenvalue weighted by atomic mass is 79.9. The van der Waals surface area contributed by atoms with Gasteiger partial charge < -0.3 is 4.74 Å². The first-order valence-corrected chi connectivity index (χ1v) is 5.81. The molecule has 2 nitrogen and oxygen atoms in total. The first kappa shape index (κ1) is 9.80. The molecule has 1 fully saturated rings. The quantitative estimate of drug-likeness (QED) is 0.580. The van der Waals surface area contributed by atoms with Gasteiger partial charge >= 0.3 is 5.97 Å². The molecule has 4 heteroatoms. The van der Waals surface area contributed by atoms with Gasteiger partial charge in [-0.05, 0) is 23.8 Å². The van der Waals surface area contributed by atoms with Gasteiger partial charge in [0.15, 0.2) is 0 Å². The molecule has 0 aromatic heterocycles. The highest BCUT2D eigenvalue weighted by molar-refractivity contribution is 9.10. The fraction of sp³-hybridized carbons (Fsp3) is 0.100. The van der Waals surface area contributed by atoms with Crippen LogP contribution < -0.4 is 0 Å². The van der Waals surface area contributed by atoms with Crippen molar-refractivity contribution in [2.24, 2.45) is 0 Å². The van der Waals surface area contributed by atoms with Crippen LogP contribution >= 0.6 is 27.7 Å². The van der Waals surface area contributed by atoms with Gasteiger partial charge in [-0.15, -0.1) is 0 Å². The largest absolute Gasteiger partial charge is 0.450 e. The molecule has 1 aromatic carbocycles. The Bertz CT molecular complexity index is 384. The number of cyclic esters (lactones) is 1. The van der Waals surface area contributed by atoms with Gasteiger partial charge in [0.1, 0.15) is 5.94 Å². The van der Waals surface area contributed by atoms with E-state index in [1.165, 1.54) is 11.8 Å². The van der Waals surface area contributed by atoms with Crippen molar-refractivity contribution in [3.63, 3.8) is 0 Å². The van der Waals surface area contributed by atoms with Crippen LogP contribution in [0.2, 0.25) is 0 Å². The van der Waals surface area contributed by atoms with Crippen LogP contribution in [0.1, 0.15) is 5.56 Å². The smallest absolute Gasteiger partial charge is 0.345 e. The van der Waals surface area contributed by atoms with E-state index in [0.29, 0.717) is 10.8 Å². The molecule has 72 valence electrons. The van der Waals surface area contributed by atoms with Crippen molar-refractivity contribution < 1.29 is 9.53 Å². The first-order valence-electron chi connectivity index (χ1n) is 4.03. The van der Waals surface area contributed by atoms with E-state index < -0.39 is 0 Å². The minimum Gasteiger partial charge on any atom is -0.450 e. The molecule has 0 unspecified atom stereocenters. The van der Waals surface area contributed by atoms with Crippen molar-refractivity contribution in [3.05, 3.63) is 39.2 Å². The third-order valence-electron chi connectivity index (χ3n) is 1.77. The summed E-state index contributed by atoms with van der Waals surface area (Å²) in [4.78, 5) is 11.8. The lowest BCUT2D eigenvalue weighted by atomic mass is 10.2. The van der Waals surface area contributed by atoms with Gasteiger partial charge in [0.2, 0.25) is 0 Å². The van der Waals surface area contributed by atoms with Crippen LogP contribution in [0.4, 0.5) is 0 Å². The Morgan fingerprint density at radius 1 is 1.36 bits per heavy atom. The average molecular weight is 271 g/mol. The lowest BCUT2D eigenvalue weighted by molar-refractivity contribution is -0.134. The maximum Gasteiger partial charge on any atom is 0.345 e. The number of esters is 1. The molecule has 14 heavy (non-hydrogen) atoms. The van der Waals surface area contributed by atoms with E-state index in [2.05, 4.69) is 15.9 Å². The van der Waals surface area contributed by atoms with Crippen LogP contribution in [0.15, 0.2) is 33.6 Å². The second-order valence-electron chi connectivity index (χ2n) is 2.75. The Morgan fingerprint density at radius 2 is 2.07 bits per heavy atom. The van der Waals surface area contributed by atoms with Gasteiger partial charge in [-0.3, -0.25) is 0 Å². The molecule has 0 saturated carbocycles. The van der Waals surface area contributed by atoms with Gasteiger partial charge in [0.25, 0.3) is 0 Å². The monoisotopic (exact) mass is 270 g/mol. The van der Waals surface area contributed by atoms with Gasteiger partial charge in [-0.25, -0.2) is 4.79 Å². The van der Waals surface area contributed by atoms with E-state index in [-0.39, 0.29) is 5.97 Å². The van der Waals surface area contributed by atoms with Crippen molar-refractivity contribution in [3.8, 4) is 0 Å². The number of ether oxygens (including phenoxy) is 1. The number of carbonyl (C=O) groups is 1. The van der Waals surface area contributed by atoms with E-state index >= 15 is 0 Å². The van der Waals surface area contributed by atoms with Crippen LogP contribution in [0.5, 0.6) is 0 Å². The second-order valence-corrected chi connectivity index (χ2v) is 4.63. The zero-order valence-electron chi connectivity index (χ0n) is 7.20. The van der Waals surface area contributed by atoms with Gasteiger partial charge in [0, 0.05) is 4.47 Å². The summed E-state index contributed by atoms with van der Waals surface area (Å²) >= 11 is 4.78. The van der Waals surface area contributed by atoms with E-state index in [0.717, 1.165) is 10.0 Å². The van der Waals surface area contributed by atoms with E-state index in [1.54, 1.807) is 0 Å². The summed E-state index contributed by atoms with van der Waals surface area (Å²) < 4.78 is 5.84. The highest BCUT2D eigenvalue weighted by Crippen LogP contribution is 2.27. The summed E-state index contributed by atoms with van der Waals surface area (Å²) in [5.41, 5.74) is 1.01. The second kappa shape index (κ2) is 4.19. The lowest BCUT2D eigenvalue weighted by Gasteiger charge is -1.94. The number of hydrogen-bond acceptors (Lipinski definition) is 3. The number of halogens is 1.